The zero-order valence-electron chi connectivity index (χ0n) is 10.1. The molecule has 0 atom stereocenters. The normalized spacial score (nSPS) is 15.1. The summed E-state index contributed by atoms with van der Waals surface area (Å²) in [5.74, 6) is -0.211. The number of carbonyl (C=O) groups excluding carboxylic acids is 1. The number of amides is 1. The van der Waals surface area contributed by atoms with Crippen molar-refractivity contribution >= 4 is 5.91 Å². The molecule has 0 bridgehead atoms. The lowest BCUT2D eigenvalue weighted by molar-refractivity contribution is -0.118. The van der Waals surface area contributed by atoms with E-state index in [1.165, 1.54) is 18.5 Å². The minimum Gasteiger partial charge on any atom is -0.370 e. The highest BCUT2D eigenvalue weighted by atomic mass is 16.1. The summed E-state index contributed by atoms with van der Waals surface area (Å²) in [6, 6.07) is 0.684. The molecule has 17 heavy (non-hydrogen) atoms. The van der Waals surface area contributed by atoms with Gasteiger partial charge in [-0.25, -0.2) is 4.98 Å². The number of hydrogen-bond donors (Lipinski definition) is 2. The molecule has 1 fully saturated rings. The fourth-order valence-corrected chi connectivity index (χ4v) is 1.92. The molecule has 0 aliphatic heterocycles. The van der Waals surface area contributed by atoms with Crippen LogP contribution in [0.25, 0.3) is 0 Å². The van der Waals surface area contributed by atoms with Gasteiger partial charge in [0.2, 0.25) is 5.91 Å². The average Bonchev–Trinajstić information content (AvgIpc) is 3.03. The Morgan fingerprint density at radius 3 is 3.06 bits per heavy atom. The Balaban J connectivity index is 1.61. The first-order valence-electron chi connectivity index (χ1n) is 6.27. The molecular weight excluding hydrogens is 216 g/mol. The number of hydrogen-bond acceptors (Lipinski definition) is 3. The van der Waals surface area contributed by atoms with Gasteiger partial charge in [0.25, 0.3) is 0 Å². The van der Waals surface area contributed by atoms with Crippen molar-refractivity contribution < 1.29 is 4.79 Å². The average molecular weight is 236 g/mol. The second kappa shape index (κ2) is 5.82. The lowest BCUT2D eigenvalue weighted by Gasteiger charge is -2.07. The van der Waals surface area contributed by atoms with E-state index in [9.17, 15) is 4.79 Å². The van der Waals surface area contributed by atoms with Crippen LogP contribution in [-0.4, -0.2) is 22.0 Å². The van der Waals surface area contributed by atoms with Crippen LogP contribution in [0.2, 0.25) is 0 Å². The highest BCUT2D eigenvalue weighted by Gasteiger charge is 2.24. The van der Waals surface area contributed by atoms with Crippen LogP contribution < -0.4 is 11.1 Å². The lowest BCUT2D eigenvalue weighted by Crippen LogP contribution is -2.18. The van der Waals surface area contributed by atoms with Crippen molar-refractivity contribution in [3.63, 3.8) is 0 Å². The molecule has 1 amide bonds. The zero-order chi connectivity index (χ0) is 12.1. The van der Waals surface area contributed by atoms with Crippen LogP contribution in [0.15, 0.2) is 12.5 Å². The Kier molecular flexibility index (Phi) is 4.14. The number of nitrogens with zero attached hydrogens (tertiary/aromatic N) is 2. The molecule has 5 heteroatoms. The van der Waals surface area contributed by atoms with Gasteiger partial charge in [0.15, 0.2) is 0 Å². The molecule has 0 unspecified atom stereocenters. The Morgan fingerprint density at radius 2 is 2.35 bits per heavy atom. The molecule has 0 aromatic carbocycles. The van der Waals surface area contributed by atoms with Gasteiger partial charge in [0.1, 0.15) is 0 Å². The Hall–Kier alpha value is -1.36. The summed E-state index contributed by atoms with van der Waals surface area (Å²) in [5, 5.41) is 3.37. The van der Waals surface area contributed by atoms with E-state index in [0.717, 1.165) is 25.9 Å². The summed E-state index contributed by atoms with van der Waals surface area (Å²) in [5.41, 5.74) is 6.33. The predicted molar refractivity (Wildman–Crippen MR) is 65.3 cm³/mol. The van der Waals surface area contributed by atoms with E-state index in [1.807, 2.05) is 12.5 Å². The highest BCUT2D eigenvalue weighted by molar-refractivity contribution is 5.73. The second-order valence-electron chi connectivity index (χ2n) is 4.62. The van der Waals surface area contributed by atoms with E-state index < -0.39 is 0 Å². The Morgan fingerprint density at radius 1 is 1.53 bits per heavy atom. The molecule has 1 aliphatic rings. The van der Waals surface area contributed by atoms with Crippen molar-refractivity contribution in [1.29, 1.82) is 0 Å². The molecule has 1 saturated carbocycles. The zero-order valence-corrected chi connectivity index (χ0v) is 10.1. The summed E-state index contributed by atoms with van der Waals surface area (Å²) < 4.78 is 2.26. The van der Waals surface area contributed by atoms with Crippen LogP contribution in [0.1, 0.15) is 43.8 Å². The number of carbonyl (C=O) groups is 1. The number of primary amides is 1. The van der Waals surface area contributed by atoms with Crippen LogP contribution in [0, 0.1) is 0 Å². The van der Waals surface area contributed by atoms with Crippen LogP contribution >= 0.6 is 0 Å². The molecule has 2 rings (SSSR count). The van der Waals surface area contributed by atoms with E-state index >= 15 is 0 Å². The number of unbranched alkanes of at least 4 members (excludes halogenated alkanes) is 1. The molecule has 0 radical (unpaired) electrons. The largest absolute Gasteiger partial charge is 0.370 e. The molecule has 5 nitrogen and oxygen atoms in total. The maximum atomic E-state index is 10.5. The lowest BCUT2D eigenvalue weighted by atomic mass is 10.2. The fraction of sp³-hybridized carbons (Fsp3) is 0.667. The molecule has 1 heterocycles. The van der Waals surface area contributed by atoms with Crippen LogP contribution in [-0.2, 0) is 11.3 Å². The summed E-state index contributed by atoms with van der Waals surface area (Å²) in [6.07, 6.45) is 8.74. The summed E-state index contributed by atoms with van der Waals surface area (Å²) >= 11 is 0. The molecule has 0 spiro atoms. The second-order valence-corrected chi connectivity index (χ2v) is 4.62. The maximum Gasteiger partial charge on any atom is 0.217 e. The van der Waals surface area contributed by atoms with Gasteiger partial charge in [-0.2, -0.15) is 0 Å². The van der Waals surface area contributed by atoms with Crippen molar-refractivity contribution in [2.45, 2.75) is 44.7 Å². The monoisotopic (exact) mass is 236 g/mol. The summed E-state index contributed by atoms with van der Waals surface area (Å²) in [4.78, 5) is 14.7. The number of nitrogens with two attached hydrogens (primary N) is 1. The SMILES string of the molecule is NC(=O)CCCCNCc1cncn1C1CC1. The van der Waals surface area contributed by atoms with Crippen LogP contribution in [0.5, 0.6) is 0 Å². The molecule has 0 saturated heterocycles. The van der Waals surface area contributed by atoms with Crippen molar-refractivity contribution in [2.24, 2.45) is 5.73 Å². The van der Waals surface area contributed by atoms with E-state index in [2.05, 4.69) is 14.9 Å². The summed E-state index contributed by atoms with van der Waals surface area (Å²) in [6.45, 7) is 1.77. The van der Waals surface area contributed by atoms with Crippen molar-refractivity contribution in [3.05, 3.63) is 18.2 Å². The maximum absolute atomic E-state index is 10.5. The van der Waals surface area contributed by atoms with E-state index in [0.29, 0.717) is 12.5 Å². The van der Waals surface area contributed by atoms with Gasteiger partial charge in [-0.05, 0) is 32.2 Å². The molecule has 1 aromatic heterocycles. The van der Waals surface area contributed by atoms with Gasteiger partial charge < -0.3 is 15.6 Å². The third kappa shape index (κ3) is 3.85. The minimum atomic E-state index is -0.211. The van der Waals surface area contributed by atoms with E-state index in [-0.39, 0.29) is 5.91 Å². The number of aromatic nitrogens is 2. The quantitative estimate of drug-likeness (QED) is 0.660. The number of nitrogens with one attached hydrogen (secondary N) is 1. The third-order valence-corrected chi connectivity index (χ3v) is 3.02. The van der Waals surface area contributed by atoms with Crippen molar-refractivity contribution in [1.82, 2.24) is 14.9 Å². The fourth-order valence-electron chi connectivity index (χ4n) is 1.92. The number of rotatable bonds is 8. The molecule has 3 N–H and O–H groups in total. The predicted octanol–water partition coefficient (Wildman–Crippen LogP) is 0.963. The molecular formula is C12H20N4O. The first-order chi connectivity index (χ1) is 8.27. The van der Waals surface area contributed by atoms with Gasteiger partial charge in [-0.3, -0.25) is 4.79 Å². The van der Waals surface area contributed by atoms with E-state index in [1.54, 1.807) is 0 Å². The minimum absolute atomic E-state index is 0.211. The molecule has 94 valence electrons. The summed E-state index contributed by atoms with van der Waals surface area (Å²) in [7, 11) is 0. The smallest absolute Gasteiger partial charge is 0.217 e. The van der Waals surface area contributed by atoms with Crippen molar-refractivity contribution in [3.8, 4) is 0 Å². The van der Waals surface area contributed by atoms with Gasteiger partial charge in [0.05, 0.1) is 12.0 Å². The Labute approximate surface area is 101 Å². The van der Waals surface area contributed by atoms with Gasteiger partial charge in [0, 0.05) is 25.2 Å². The first-order valence-corrected chi connectivity index (χ1v) is 6.27. The third-order valence-electron chi connectivity index (χ3n) is 3.02. The van der Waals surface area contributed by atoms with Gasteiger partial charge in [-0.15, -0.1) is 0 Å². The molecule has 1 aromatic rings. The highest BCUT2D eigenvalue weighted by Crippen LogP contribution is 2.35. The van der Waals surface area contributed by atoms with Crippen LogP contribution in [0.3, 0.4) is 0 Å². The van der Waals surface area contributed by atoms with Gasteiger partial charge in [-0.1, -0.05) is 0 Å². The first kappa shape index (κ1) is 12.1. The van der Waals surface area contributed by atoms with Crippen molar-refractivity contribution in [2.75, 3.05) is 6.54 Å². The topological polar surface area (TPSA) is 72.9 Å². The van der Waals surface area contributed by atoms with Crippen LogP contribution in [0.4, 0.5) is 0 Å². The van der Waals surface area contributed by atoms with Gasteiger partial charge >= 0.3 is 0 Å². The Bertz CT molecular complexity index is 370. The molecule has 1 aliphatic carbocycles. The standard InChI is InChI=1S/C12H20N4O/c13-12(17)3-1-2-6-14-7-11-8-15-9-16(11)10-4-5-10/h8-10,14H,1-7H2,(H2,13,17). The number of imidazole rings is 1. The van der Waals surface area contributed by atoms with E-state index in [4.69, 9.17) is 5.73 Å².